The van der Waals surface area contributed by atoms with E-state index in [-0.39, 0.29) is 6.04 Å². The molecule has 1 aromatic carbocycles. The number of hydrogen-bond donors (Lipinski definition) is 1. The quantitative estimate of drug-likeness (QED) is 0.735. The lowest BCUT2D eigenvalue weighted by Crippen LogP contribution is -2.33. The van der Waals surface area contributed by atoms with Crippen molar-refractivity contribution < 1.29 is 0 Å². The minimum atomic E-state index is 0.229. The van der Waals surface area contributed by atoms with Gasteiger partial charge in [0.15, 0.2) is 0 Å². The van der Waals surface area contributed by atoms with Gasteiger partial charge in [-0.05, 0) is 12.1 Å². The lowest BCUT2D eigenvalue weighted by Gasteiger charge is -2.28. The minimum absolute atomic E-state index is 0.229. The fraction of sp³-hybridized carbons (Fsp3) is 0.385. The smallest absolute Gasteiger partial charge is 0.0604 e. The highest BCUT2D eigenvalue weighted by molar-refractivity contribution is 5.19. The van der Waals surface area contributed by atoms with Gasteiger partial charge in [-0.1, -0.05) is 43.2 Å². The zero-order valence-corrected chi connectivity index (χ0v) is 9.19. The zero-order chi connectivity index (χ0) is 11.1. The van der Waals surface area contributed by atoms with Gasteiger partial charge >= 0.3 is 0 Å². The number of nitrogens with two attached hydrogens (primary N) is 1. The average Bonchev–Trinajstić information content (AvgIpc) is 2.30. The Morgan fingerprint density at radius 2 is 2.07 bits per heavy atom. The highest BCUT2D eigenvalue weighted by atomic mass is 15.2. The first-order valence-corrected chi connectivity index (χ1v) is 5.26. The van der Waals surface area contributed by atoms with E-state index in [0.717, 1.165) is 6.54 Å². The normalized spacial score (nSPS) is 12.4. The van der Waals surface area contributed by atoms with Crippen LogP contribution in [0.15, 0.2) is 30.3 Å². The molecule has 0 fully saturated rings. The van der Waals surface area contributed by atoms with Crippen molar-refractivity contribution in [1.82, 2.24) is 4.90 Å². The molecule has 0 bridgehead atoms. The van der Waals surface area contributed by atoms with Crippen molar-refractivity contribution in [2.45, 2.75) is 13.0 Å². The molecule has 1 atom stereocenters. The molecule has 0 saturated heterocycles. The van der Waals surface area contributed by atoms with Crippen LogP contribution in [0.1, 0.15) is 18.5 Å². The molecule has 1 unspecified atom stereocenters. The molecule has 0 saturated carbocycles. The first-order chi connectivity index (χ1) is 7.33. The van der Waals surface area contributed by atoms with Crippen LogP contribution >= 0.6 is 0 Å². The predicted octanol–water partition coefficient (Wildman–Crippen LogP) is 1.64. The fourth-order valence-electron chi connectivity index (χ4n) is 1.73. The van der Waals surface area contributed by atoms with Gasteiger partial charge in [-0.25, -0.2) is 0 Å². The first-order valence-electron chi connectivity index (χ1n) is 5.26. The summed E-state index contributed by atoms with van der Waals surface area (Å²) in [5.41, 5.74) is 7.03. The third-order valence-corrected chi connectivity index (χ3v) is 2.55. The highest BCUT2D eigenvalue weighted by Crippen LogP contribution is 2.18. The van der Waals surface area contributed by atoms with Crippen LogP contribution in [0.4, 0.5) is 0 Å². The summed E-state index contributed by atoms with van der Waals surface area (Å²) in [6.07, 6.45) is 5.34. The topological polar surface area (TPSA) is 29.3 Å². The largest absolute Gasteiger partial charge is 0.329 e. The summed E-state index contributed by atoms with van der Waals surface area (Å²) in [7, 11) is 0. The molecule has 0 aliphatic rings. The fourth-order valence-corrected chi connectivity index (χ4v) is 1.73. The molecule has 1 rings (SSSR count). The van der Waals surface area contributed by atoms with Crippen molar-refractivity contribution in [3.8, 4) is 12.3 Å². The van der Waals surface area contributed by atoms with Crippen molar-refractivity contribution in [3.63, 3.8) is 0 Å². The summed E-state index contributed by atoms with van der Waals surface area (Å²) >= 11 is 0. The van der Waals surface area contributed by atoms with Crippen molar-refractivity contribution in [1.29, 1.82) is 0 Å². The summed E-state index contributed by atoms with van der Waals surface area (Å²) in [5.74, 6) is 2.67. The Morgan fingerprint density at radius 1 is 1.40 bits per heavy atom. The zero-order valence-electron chi connectivity index (χ0n) is 9.19. The average molecular weight is 202 g/mol. The van der Waals surface area contributed by atoms with Gasteiger partial charge in [0.25, 0.3) is 0 Å². The molecule has 1 aromatic rings. The summed E-state index contributed by atoms with van der Waals surface area (Å²) in [5, 5.41) is 0. The van der Waals surface area contributed by atoms with Gasteiger partial charge in [-0.2, -0.15) is 0 Å². The van der Waals surface area contributed by atoms with E-state index in [0.29, 0.717) is 13.1 Å². The predicted molar refractivity (Wildman–Crippen MR) is 64.3 cm³/mol. The SMILES string of the molecule is C#CCN(CC)C(CN)c1ccccc1. The van der Waals surface area contributed by atoms with E-state index in [2.05, 4.69) is 29.9 Å². The molecule has 80 valence electrons. The second-order valence-electron chi connectivity index (χ2n) is 3.43. The molecular formula is C13H18N2. The van der Waals surface area contributed by atoms with Crippen LogP contribution in [0.5, 0.6) is 0 Å². The monoisotopic (exact) mass is 202 g/mol. The maximum absolute atomic E-state index is 5.80. The second kappa shape index (κ2) is 6.23. The van der Waals surface area contributed by atoms with Gasteiger partial charge in [0.2, 0.25) is 0 Å². The van der Waals surface area contributed by atoms with Crippen molar-refractivity contribution in [3.05, 3.63) is 35.9 Å². The van der Waals surface area contributed by atoms with Crippen LogP contribution in [0.25, 0.3) is 0 Å². The molecule has 2 heteroatoms. The Labute approximate surface area is 92.1 Å². The Hall–Kier alpha value is -1.30. The van der Waals surface area contributed by atoms with E-state index >= 15 is 0 Å². The van der Waals surface area contributed by atoms with E-state index < -0.39 is 0 Å². The number of nitrogens with zero attached hydrogens (tertiary/aromatic N) is 1. The Morgan fingerprint density at radius 3 is 2.53 bits per heavy atom. The molecule has 0 amide bonds. The number of hydrogen-bond acceptors (Lipinski definition) is 2. The molecule has 15 heavy (non-hydrogen) atoms. The summed E-state index contributed by atoms with van der Waals surface area (Å²) in [6.45, 7) is 4.26. The van der Waals surface area contributed by atoms with Crippen LogP contribution in [-0.2, 0) is 0 Å². The minimum Gasteiger partial charge on any atom is -0.329 e. The number of terminal acetylenes is 1. The van der Waals surface area contributed by atoms with Gasteiger partial charge in [0, 0.05) is 12.6 Å². The second-order valence-corrected chi connectivity index (χ2v) is 3.43. The van der Waals surface area contributed by atoms with Gasteiger partial charge in [0.05, 0.1) is 6.54 Å². The highest BCUT2D eigenvalue weighted by Gasteiger charge is 2.15. The maximum atomic E-state index is 5.80. The van der Waals surface area contributed by atoms with Crippen LogP contribution in [0, 0.1) is 12.3 Å². The lowest BCUT2D eigenvalue weighted by atomic mass is 10.1. The number of benzene rings is 1. The summed E-state index contributed by atoms with van der Waals surface area (Å²) in [4.78, 5) is 2.20. The molecule has 0 heterocycles. The molecule has 0 radical (unpaired) electrons. The van der Waals surface area contributed by atoms with E-state index in [1.54, 1.807) is 0 Å². The Balaban J connectivity index is 2.83. The van der Waals surface area contributed by atoms with Gasteiger partial charge in [-0.15, -0.1) is 6.42 Å². The summed E-state index contributed by atoms with van der Waals surface area (Å²) in [6, 6.07) is 10.5. The van der Waals surface area contributed by atoms with Gasteiger partial charge in [-0.3, -0.25) is 4.90 Å². The molecule has 0 spiro atoms. The number of likely N-dealkylation sites (N-methyl/N-ethyl adjacent to an activating group) is 1. The van der Waals surface area contributed by atoms with E-state index in [4.69, 9.17) is 12.2 Å². The molecule has 2 N–H and O–H groups in total. The number of rotatable bonds is 5. The van der Waals surface area contributed by atoms with Crippen molar-refractivity contribution >= 4 is 0 Å². The first kappa shape index (κ1) is 11.8. The van der Waals surface area contributed by atoms with Crippen LogP contribution < -0.4 is 5.73 Å². The third kappa shape index (κ3) is 3.09. The molecule has 2 nitrogen and oxygen atoms in total. The molecular weight excluding hydrogens is 184 g/mol. The van der Waals surface area contributed by atoms with Crippen LogP contribution in [0.2, 0.25) is 0 Å². The van der Waals surface area contributed by atoms with E-state index in [1.807, 2.05) is 18.2 Å². The van der Waals surface area contributed by atoms with Gasteiger partial charge in [0.1, 0.15) is 0 Å². The molecule has 0 aliphatic heterocycles. The van der Waals surface area contributed by atoms with Crippen molar-refractivity contribution in [2.24, 2.45) is 5.73 Å². The standard InChI is InChI=1S/C13H18N2/c1-3-10-15(4-2)13(11-14)12-8-6-5-7-9-12/h1,5-9,13H,4,10-11,14H2,2H3. The van der Waals surface area contributed by atoms with Crippen LogP contribution in [-0.4, -0.2) is 24.5 Å². The van der Waals surface area contributed by atoms with E-state index in [1.165, 1.54) is 5.56 Å². The third-order valence-electron chi connectivity index (χ3n) is 2.55. The Bertz CT molecular complexity index is 313. The lowest BCUT2D eigenvalue weighted by molar-refractivity contribution is 0.240. The van der Waals surface area contributed by atoms with E-state index in [9.17, 15) is 0 Å². The molecule has 0 aliphatic carbocycles. The van der Waals surface area contributed by atoms with Crippen molar-refractivity contribution in [2.75, 3.05) is 19.6 Å². The Kier molecular flexibility index (Phi) is 4.89. The van der Waals surface area contributed by atoms with Crippen LogP contribution in [0.3, 0.4) is 0 Å². The molecule has 0 aromatic heterocycles. The summed E-state index contributed by atoms with van der Waals surface area (Å²) < 4.78 is 0. The van der Waals surface area contributed by atoms with Gasteiger partial charge < -0.3 is 5.73 Å². The maximum Gasteiger partial charge on any atom is 0.0604 e.